The fourth-order valence-electron chi connectivity index (χ4n) is 1.33. The molecule has 86 valence electrons. The molecule has 1 rings (SSSR count). The van der Waals surface area contributed by atoms with Crippen LogP contribution in [-0.4, -0.2) is 23.3 Å². The molecule has 0 heterocycles. The Morgan fingerprint density at radius 1 is 1.44 bits per heavy atom. The van der Waals surface area contributed by atoms with E-state index in [1.807, 2.05) is 0 Å². The van der Waals surface area contributed by atoms with E-state index in [4.69, 9.17) is 5.11 Å². The zero-order chi connectivity index (χ0) is 12.0. The summed E-state index contributed by atoms with van der Waals surface area (Å²) in [5.74, 6) is 0.0416. The van der Waals surface area contributed by atoms with Crippen LogP contribution in [0.15, 0.2) is 24.3 Å². The largest absolute Gasteiger partial charge is 0.508 e. The second-order valence-electron chi connectivity index (χ2n) is 3.53. The van der Waals surface area contributed by atoms with Crippen molar-refractivity contribution in [2.24, 2.45) is 0 Å². The Labute approximate surface area is 94.3 Å². The zero-order valence-electron chi connectivity index (χ0n) is 9.14. The van der Waals surface area contributed by atoms with Gasteiger partial charge in [0.15, 0.2) is 0 Å². The van der Waals surface area contributed by atoms with Crippen LogP contribution in [0.5, 0.6) is 5.75 Å². The zero-order valence-corrected chi connectivity index (χ0v) is 9.14. The maximum Gasteiger partial charge on any atom is 0.220 e. The van der Waals surface area contributed by atoms with E-state index in [0.29, 0.717) is 12.8 Å². The Morgan fingerprint density at radius 3 is 2.56 bits per heavy atom. The molecule has 0 aliphatic rings. The van der Waals surface area contributed by atoms with Crippen LogP contribution in [0.3, 0.4) is 0 Å². The minimum absolute atomic E-state index is 0.143. The molecule has 1 amide bonds. The number of carbonyl (C=O) groups excluding carboxylic acids is 2. The summed E-state index contributed by atoms with van der Waals surface area (Å²) in [5.41, 5.74) is 0.895. The molecule has 0 saturated heterocycles. The van der Waals surface area contributed by atoms with Gasteiger partial charge in [0.1, 0.15) is 12.0 Å². The van der Waals surface area contributed by atoms with Crippen LogP contribution < -0.4 is 5.32 Å². The van der Waals surface area contributed by atoms with Gasteiger partial charge in [0.2, 0.25) is 5.91 Å². The number of amides is 1. The van der Waals surface area contributed by atoms with Crippen molar-refractivity contribution in [3.63, 3.8) is 0 Å². The highest BCUT2D eigenvalue weighted by molar-refractivity contribution is 5.79. The third-order valence-electron chi connectivity index (χ3n) is 2.22. The number of aldehydes is 1. The number of hydrogen-bond donors (Lipinski definition) is 2. The second kappa shape index (κ2) is 5.90. The SMILES string of the molecule is CCC(=O)NC(C=O)Cc1ccc(O)cc1. The van der Waals surface area contributed by atoms with E-state index in [2.05, 4.69) is 5.32 Å². The van der Waals surface area contributed by atoms with Crippen LogP contribution >= 0.6 is 0 Å². The number of phenols is 1. The first kappa shape index (κ1) is 12.2. The van der Waals surface area contributed by atoms with Gasteiger partial charge in [-0.15, -0.1) is 0 Å². The number of rotatable bonds is 5. The monoisotopic (exact) mass is 221 g/mol. The van der Waals surface area contributed by atoms with Gasteiger partial charge in [-0.25, -0.2) is 0 Å². The fourth-order valence-corrected chi connectivity index (χ4v) is 1.33. The molecule has 0 aliphatic heterocycles. The standard InChI is InChI=1S/C12H15NO3/c1-2-12(16)13-10(8-14)7-9-3-5-11(15)6-4-9/h3-6,8,10,15H,2,7H2,1H3,(H,13,16). The third kappa shape index (κ3) is 3.73. The Kier molecular flexibility index (Phi) is 4.51. The maximum atomic E-state index is 11.1. The molecule has 1 aromatic carbocycles. The summed E-state index contributed by atoms with van der Waals surface area (Å²) in [6, 6.07) is 6.06. The Bertz CT molecular complexity index is 359. The molecular weight excluding hydrogens is 206 g/mol. The van der Waals surface area contributed by atoms with Gasteiger partial charge in [-0.3, -0.25) is 4.79 Å². The highest BCUT2D eigenvalue weighted by Gasteiger charge is 2.10. The van der Waals surface area contributed by atoms with Gasteiger partial charge in [-0.2, -0.15) is 0 Å². The smallest absolute Gasteiger partial charge is 0.220 e. The van der Waals surface area contributed by atoms with E-state index in [-0.39, 0.29) is 11.7 Å². The molecule has 1 atom stereocenters. The molecule has 1 aromatic rings. The van der Waals surface area contributed by atoms with Gasteiger partial charge < -0.3 is 15.2 Å². The van der Waals surface area contributed by atoms with E-state index in [0.717, 1.165) is 11.8 Å². The normalized spacial score (nSPS) is 11.8. The minimum Gasteiger partial charge on any atom is -0.508 e. The highest BCUT2D eigenvalue weighted by Crippen LogP contribution is 2.10. The molecule has 0 saturated carbocycles. The van der Waals surface area contributed by atoms with E-state index in [1.54, 1.807) is 31.2 Å². The van der Waals surface area contributed by atoms with Crippen molar-refractivity contribution in [1.82, 2.24) is 5.32 Å². The molecule has 4 heteroatoms. The van der Waals surface area contributed by atoms with E-state index in [9.17, 15) is 9.59 Å². The number of hydrogen-bond acceptors (Lipinski definition) is 3. The van der Waals surface area contributed by atoms with Crippen LogP contribution in [0.2, 0.25) is 0 Å². The Morgan fingerprint density at radius 2 is 2.06 bits per heavy atom. The molecule has 0 fully saturated rings. The van der Waals surface area contributed by atoms with E-state index >= 15 is 0 Å². The molecule has 0 radical (unpaired) electrons. The highest BCUT2D eigenvalue weighted by atomic mass is 16.3. The summed E-state index contributed by atoms with van der Waals surface area (Å²) >= 11 is 0. The first-order valence-electron chi connectivity index (χ1n) is 5.18. The molecule has 0 aromatic heterocycles. The van der Waals surface area contributed by atoms with Crippen molar-refractivity contribution in [3.8, 4) is 5.75 Å². The van der Waals surface area contributed by atoms with Crippen molar-refractivity contribution in [3.05, 3.63) is 29.8 Å². The number of phenolic OH excluding ortho intramolecular Hbond substituents is 1. The predicted octanol–water partition coefficient (Wildman–Crippen LogP) is 1.03. The number of benzene rings is 1. The number of carbonyl (C=O) groups is 2. The van der Waals surface area contributed by atoms with Crippen molar-refractivity contribution in [2.45, 2.75) is 25.8 Å². The quantitative estimate of drug-likeness (QED) is 0.730. The van der Waals surface area contributed by atoms with Gasteiger partial charge in [0.05, 0.1) is 6.04 Å². The van der Waals surface area contributed by atoms with Crippen LogP contribution in [-0.2, 0) is 16.0 Å². The molecular formula is C12H15NO3. The first-order valence-corrected chi connectivity index (χ1v) is 5.18. The summed E-state index contributed by atoms with van der Waals surface area (Å²) in [4.78, 5) is 21.9. The molecule has 0 spiro atoms. The van der Waals surface area contributed by atoms with E-state index in [1.165, 1.54) is 0 Å². The van der Waals surface area contributed by atoms with Gasteiger partial charge in [0.25, 0.3) is 0 Å². The number of aromatic hydroxyl groups is 1. The van der Waals surface area contributed by atoms with Crippen LogP contribution in [0.25, 0.3) is 0 Å². The third-order valence-corrected chi connectivity index (χ3v) is 2.22. The van der Waals surface area contributed by atoms with E-state index < -0.39 is 6.04 Å². The average molecular weight is 221 g/mol. The van der Waals surface area contributed by atoms with Crippen LogP contribution in [0.4, 0.5) is 0 Å². The lowest BCUT2D eigenvalue weighted by atomic mass is 10.1. The van der Waals surface area contributed by atoms with Crippen molar-refractivity contribution in [1.29, 1.82) is 0 Å². The lowest BCUT2D eigenvalue weighted by Crippen LogP contribution is -2.37. The Balaban J connectivity index is 2.59. The van der Waals surface area contributed by atoms with Crippen LogP contribution in [0, 0.1) is 0 Å². The average Bonchev–Trinajstić information content (AvgIpc) is 2.30. The minimum atomic E-state index is -0.503. The topological polar surface area (TPSA) is 66.4 Å². The molecule has 0 aliphatic carbocycles. The van der Waals surface area contributed by atoms with Crippen molar-refractivity contribution >= 4 is 12.2 Å². The summed E-state index contributed by atoms with van der Waals surface area (Å²) in [5, 5.41) is 11.7. The fraction of sp³-hybridized carbons (Fsp3) is 0.333. The maximum absolute atomic E-state index is 11.1. The lowest BCUT2D eigenvalue weighted by molar-refractivity contribution is -0.123. The Hall–Kier alpha value is -1.84. The number of nitrogens with one attached hydrogen (secondary N) is 1. The van der Waals surface area contributed by atoms with Gasteiger partial charge in [-0.1, -0.05) is 19.1 Å². The first-order chi connectivity index (χ1) is 7.65. The summed E-state index contributed by atoms with van der Waals surface area (Å²) in [6.07, 6.45) is 1.52. The summed E-state index contributed by atoms with van der Waals surface area (Å²) < 4.78 is 0. The molecule has 1 unspecified atom stereocenters. The molecule has 2 N–H and O–H groups in total. The molecule has 4 nitrogen and oxygen atoms in total. The van der Waals surface area contributed by atoms with Crippen LogP contribution in [0.1, 0.15) is 18.9 Å². The van der Waals surface area contributed by atoms with Gasteiger partial charge >= 0.3 is 0 Å². The summed E-state index contributed by atoms with van der Waals surface area (Å²) in [6.45, 7) is 1.73. The lowest BCUT2D eigenvalue weighted by Gasteiger charge is -2.12. The molecule has 16 heavy (non-hydrogen) atoms. The van der Waals surface area contributed by atoms with Crippen molar-refractivity contribution < 1.29 is 14.7 Å². The predicted molar refractivity (Wildman–Crippen MR) is 60.1 cm³/mol. The van der Waals surface area contributed by atoms with Gasteiger partial charge in [0, 0.05) is 6.42 Å². The summed E-state index contributed by atoms with van der Waals surface area (Å²) in [7, 11) is 0. The molecule has 0 bridgehead atoms. The second-order valence-corrected chi connectivity index (χ2v) is 3.53. The van der Waals surface area contributed by atoms with Crippen molar-refractivity contribution in [2.75, 3.05) is 0 Å². The van der Waals surface area contributed by atoms with Gasteiger partial charge in [-0.05, 0) is 24.1 Å².